The van der Waals surface area contributed by atoms with E-state index < -0.39 is 23.2 Å². The van der Waals surface area contributed by atoms with E-state index in [1.807, 2.05) is 0 Å². The van der Waals surface area contributed by atoms with Crippen LogP contribution in [0.1, 0.15) is 42.5 Å². The maximum atomic E-state index is 12.3. The predicted octanol–water partition coefficient (Wildman–Crippen LogP) is 2.27. The Hall–Kier alpha value is -2.84. The molecule has 0 spiro atoms. The minimum absolute atomic E-state index is 0.0710. The number of rotatable bonds is 4. The summed E-state index contributed by atoms with van der Waals surface area (Å²) < 4.78 is 15.3. The first-order valence-electron chi connectivity index (χ1n) is 8.59. The van der Waals surface area contributed by atoms with Gasteiger partial charge >= 0.3 is 5.97 Å². The van der Waals surface area contributed by atoms with Crippen LogP contribution in [0.2, 0.25) is 0 Å². The van der Waals surface area contributed by atoms with Gasteiger partial charge in [0.2, 0.25) is 6.79 Å². The molecule has 1 saturated heterocycles. The summed E-state index contributed by atoms with van der Waals surface area (Å²) in [5.74, 6) is -0.790. The largest absolute Gasteiger partial charge is 0.454 e. The van der Waals surface area contributed by atoms with Gasteiger partial charge in [-0.15, -0.1) is 0 Å². The Labute approximate surface area is 150 Å². The fourth-order valence-electron chi connectivity index (χ4n) is 3.04. The highest BCUT2D eigenvalue weighted by atomic mass is 16.7. The van der Waals surface area contributed by atoms with E-state index in [2.05, 4.69) is 0 Å². The normalized spacial score (nSPS) is 16.5. The van der Waals surface area contributed by atoms with Gasteiger partial charge < -0.3 is 19.1 Å². The lowest BCUT2D eigenvalue weighted by Crippen LogP contribution is -2.37. The Morgan fingerprint density at radius 1 is 1.08 bits per heavy atom. The summed E-state index contributed by atoms with van der Waals surface area (Å²) in [7, 11) is 0. The van der Waals surface area contributed by atoms with Crippen LogP contribution in [0.4, 0.5) is 5.69 Å². The lowest BCUT2D eigenvalue weighted by atomic mass is 10.1. The number of carbonyl (C=O) groups excluding carboxylic acids is 2. The molecule has 0 bridgehead atoms. The molecule has 1 fully saturated rings. The molecule has 0 unspecified atom stereocenters. The highest BCUT2D eigenvalue weighted by Gasteiger charge is 2.29. The van der Waals surface area contributed by atoms with Crippen molar-refractivity contribution in [1.82, 2.24) is 4.90 Å². The van der Waals surface area contributed by atoms with Crippen LogP contribution in [0.15, 0.2) is 12.1 Å². The molecule has 1 amide bonds. The monoisotopic (exact) mass is 364 g/mol. The number of nitrogens with zero attached hydrogens (tertiary/aromatic N) is 2. The van der Waals surface area contributed by atoms with Crippen LogP contribution in [0, 0.1) is 10.1 Å². The SMILES string of the molecule is O=C(OCC(=O)N1CCCCCCC1)c1cc2c(cc1[N+](=O)[O-])OCO2. The van der Waals surface area contributed by atoms with Crippen molar-refractivity contribution < 1.29 is 28.7 Å². The first-order chi connectivity index (χ1) is 12.6. The minimum atomic E-state index is -0.935. The summed E-state index contributed by atoms with van der Waals surface area (Å²) in [5.41, 5.74) is -0.710. The molecule has 2 aliphatic rings. The maximum Gasteiger partial charge on any atom is 0.345 e. The molecule has 3 rings (SSSR count). The molecular formula is C17H20N2O7. The summed E-state index contributed by atoms with van der Waals surface area (Å²) in [4.78, 5) is 36.8. The van der Waals surface area contributed by atoms with Gasteiger partial charge in [-0.05, 0) is 12.8 Å². The first kappa shape index (κ1) is 18.0. The molecule has 0 aromatic heterocycles. The molecule has 0 saturated carbocycles. The second-order valence-electron chi connectivity index (χ2n) is 6.20. The molecule has 140 valence electrons. The third-order valence-corrected chi connectivity index (χ3v) is 4.44. The molecule has 0 N–H and O–H groups in total. The van der Waals surface area contributed by atoms with Gasteiger partial charge in [-0.2, -0.15) is 0 Å². The molecule has 2 aliphatic heterocycles. The van der Waals surface area contributed by atoms with E-state index in [0.29, 0.717) is 13.1 Å². The molecule has 0 aliphatic carbocycles. The molecule has 1 aromatic rings. The van der Waals surface area contributed by atoms with E-state index >= 15 is 0 Å². The molecule has 9 nitrogen and oxygen atoms in total. The smallest absolute Gasteiger partial charge is 0.345 e. The van der Waals surface area contributed by atoms with Crippen molar-refractivity contribution in [2.45, 2.75) is 32.1 Å². The summed E-state index contributed by atoms with van der Waals surface area (Å²) in [5, 5.41) is 11.2. The Kier molecular flexibility index (Phi) is 5.55. The van der Waals surface area contributed by atoms with Crippen LogP contribution in [0.5, 0.6) is 11.5 Å². The Morgan fingerprint density at radius 2 is 1.69 bits per heavy atom. The zero-order chi connectivity index (χ0) is 18.5. The fraction of sp³-hybridized carbons (Fsp3) is 0.529. The number of esters is 1. The summed E-state index contributed by atoms with van der Waals surface area (Å²) >= 11 is 0. The van der Waals surface area contributed by atoms with E-state index in [1.165, 1.54) is 12.5 Å². The number of hydrogen-bond donors (Lipinski definition) is 0. The minimum Gasteiger partial charge on any atom is -0.454 e. The number of benzene rings is 1. The van der Waals surface area contributed by atoms with E-state index in [-0.39, 0.29) is 29.8 Å². The van der Waals surface area contributed by atoms with Gasteiger partial charge in [0, 0.05) is 19.2 Å². The van der Waals surface area contributed by atoms with Gasteiger partial charge in [-0.3, -0.25) is 14.9 Å². The van der Waals surface area contributed by atoms with Gasteiger partial charge in [-0.25, -0.2) is 4.79 Å². The second-order valence-corrected chi connectivity index (χ2v) is 6.20. The van der Waals surface area contributed by atoms with Crippen LogP contribution in [-0.2, 0) is 9.53 Å². The summed E-state index contributed by atoms with van der Waals surface area (Å²) in [6.45, 7) is 0.768. The average Bonchev–Trinajstić information content (AvgIpc) is 3.05. The van der Waals surface area contributed by atoms with Crippen molar-refractivity contribution >= 4 is 17.6 Å². The van der Waals surface area contributed by atoms with Crippen molar-refractivity contribution in [3.63, 3.8) is 0 Å². The number of likely N-dealkylation sites (tertiary alicyclic amines) is 1. The third-order valence-electron chi connectivity index (χ3n) is 4.44. The van der Waals surface area contributed by atoms with Crippen molar-refractivity contribution in [1.29, 1.82) is 0 Å². The van der Waals surface area contributed by atoms with Crippen LogP contribution in [0.25, 0.3) is 0 Å². The molecule has 2 heterocycles. The standard InChI is InChI=1S/C17H20N2O7/c20-16(18-6-4-2-1-3-5-7-18)10-24-17(21)12-8-14-15(26-11-25-14)9-13(12)19(22)23/h8-9H,1-7,10-11H2. The van der Waals surface area contributed by atoms with Gasteiger partial charge in [0.25, 0.3) is 11.6 Å². The average molecular weight is 364 g/mol. The number of ether oxygens (including phenoxy) is 3. The topological polar surface area (TPSA) is 108 Å². The summed E-state index contributed by atoms with van der Waals surface area (Å²) in [6, 6.07) is 2.34. The lowest BCUT2D eigenvalue weighted by molar-refractivity contribution is -0.385. The highest BCUT2D eigenvalue weighted by Crippen LogP contribution is 2.38. The van der Waals surface area contributed by atoms with E-state index in [0.717, 1.165) is 31.7 Å². The Bertz CT molecular complexity index is 711. The molecule has 0 radical (unpaired) electrons. The fourth-order valence-corrected chi connectivity index (χ4v) is 3.04. The molecule has 26 heavy (non-hydrogen) atoms. The number of nitro benzene ring substituents is 1. The number of nitro groups is 1. The van der Waals surface area contributed by atoms with E-state index in [4.69, 9.17) is 14.2 Å². The van der Waals surface area contributed by atoms with Gasteiger partial charge in [-0.1, -0.05) is 19.3 Å². The van der Waals surface area contributed by atoms with Crippen LogP contribution >= 0.6 is 0 Å². The van der Waals surface area contributed by atoms with Crippen LogP contribution in [-0.4, -0.2) is 48.2 Å². The maximum absolute atomic E-state index is 12.3. The van der Waals surface area contributed by atoms with Crippen LogP contribution in [0.3, 0.4) is 0 Å². The number of carbonyl (C=O) groups is 2. The van der Waals surface area contributed by atoms with Crippen molar-refractivity contribution in [3.8, 4) is 11.5 Å². The molecule has 1 aromatic carbocycles. The quantitative estimate of drug-likeness (QED) is 0.458. The van der Waals surface area contributed by atoms with E-state index in [1.54, 1.807) is 4.90 Å². The molecule has 9 heteroatoms. The number of hydrogen-bond acceptors (Lipinski definition) is 7. The van der Waals surface area contributed by atoms with Crippen molar-refractivity contribution in [2.75, 3.05) is 26.5 Å². The van der Waals surface area contributed by atoms with Crippen molar-refractivity contribution in [2.24, 2.45) is 0 Å². The van der Waals surface area contributed by atoms with E-state index in [9.17, 15) is 19.7 Å². The van der Waals surface area contributed by atoms with Gasteiger partial charge in [0.15, 0.2) is 18.1 Å². The zero-order valence-corrected chi connectivity index (χ0v) is 14.3. The third kappa shape index (κ3) is 4.04. The molecule has 0 atom stereocenters. The van der Waals surface area contributed by atoms with Crippen LogP contribution < -0.4 is 9.47 Å². The van der Waals surface area contributed by atoms with Crippen molar-refractivity contribution in [3.05, 3.63) is 27.8 Å². The zero-order valence-electron chi connectivity index (χ0n) is 14.3. The highest BCUT2D eigenvalue weighted by molar-refractivity contribution is 5.96. The Morgan fingerprint density at radius 3 is 2.35 bits per heavy atom. The lowest BCUT2D eigenvalue weighted by Gasteiger charge is -2.24. The van der Waals surface area contributed by atoms with Gasteiger partial charge in [0.1, 0.15) is 5.56 Å². The first-order valence-corrected chi connectivity index (χ1v) is 8.59. The molecular weight excluding hydrogens is 344 g/mol. The Balaban J connectivity index is 1.66. The van der Waals surface area contributed by atoms with Gasteiger partial charge in [0.05, 0.1) is 11.0 Å². The predicted molar refractivity (Wildman–Crippen MR) is 89.2 cm³/mol. The summed E-state index contributed by atoms with van der Waals surface area (Å²) in [6.07, 6.45) is 5.17. The second kappa shape index (κ2) is 8.03. The number of amides is 1. The number of fused-ring (bicyclic) bond motifs is 1.